The van der Waals surface area contributed by atoms with Crippen molar-refractivity contribution < 1.29 is 4.57 Å². The highest BCUT2D eigenvalue weighted by Gasteiger charge is 2.28. The minimum Gasteiger partial charge on any atom is -0.288 e. The molecule has 0 atom stereocenters. The van der Waals surface area contributed by atoms with E-state index in [0.29, 0.717) is 5.02 Å². The largest absolute Gasteiger partial charge is 0.288 e. The van der Waals surface area contributed by atoms with Crippen molar-refractivity contribution in [2.75, 3.05) is 0 Å². The number of halogens is 1. The number of aryl methyl sites for hydroxylation is 4. The van der Waals surface area contributed by atoms with Crippen molar-refractivity contribution in [3.63, 3.8) is 0 Å². The second kappa shape index (κ2) is 8.07. The maximum absolute atomic E-state index is 14.5. The van der Waals surface area contributed by atoms with Gasteiger partial charge in [0, 0.05) is 21.3 Å². The molecule has 3 aromatic rings. The predicted octanol–water partition coefficient (Wildman–Crippen LogP) is 6.31. The van der Waals surface area contributed by atoms with E-state index in [1.165, 1.54) is 0 Å². The highest BCUT2D eigenvalue weighted by molar-refractivity contribution is 7.77. The third-order valence-corrected chi connectivity index (χ3v) is 7.42. The molecule has 144 valence electrons. The molecule has 0 N–H and O–H groups in total. The predicted molar refractivity (Wildman–Crippen MR) is 122 cm³/mol. The van der Waals surface area contributed by atoms with Crippen LogP contribution in [0.4, 0.5) is 0 Å². The van der Waals surface area contributed by atoms with Crippen LogP contribution in [0.25, 0.3) is 0 Å². The summed E-state index contributed by atoms with van der Waals surface area (Å²) in [4.78, 5) is 0. The molecule has 0 aliphatic heterocycles. The topological polar surface area (TPSA) is 29.4 Å². The van der Waals surface area contributed by atoms with Crippen molar-refractivity contribution in [1.29, 1.82) is 0 Å². The minimum absolute atomic E-state index is 0.670. The van der Waals surface area contributed by atoms with Crippen LogP contribution in [0.3, 0.4) is 0 Å². The first-order chi connectivity index (χ1) is 13.2. The molecule has 0 heterocycles. The lowest BCUT2D eigenvalue weighted by molar-refractivity contribution is 0.588. The Kier molecular flexibility index (Phi) is 5.93. The fraction of sp³-hybridized carbons (Fsp3) is 0.208. The third-order valence-electron chi connectivity index (χ3n) is 4.67. The van der Waals surface area contributed by atoms with E-state index in [1.807, 2.05) is 83.1 Å². The van der Waals surface area contributed by atoms with E-state index in [0.717, 1.165) is 44.1 Å². The standard InChI is InChI=1S/C24H25ClNOP/c1-16-10-17(2)13-23(12-16)28(27,24-14-18(3)11-19(4)15-24)26-20(5)21-6-8-22(25)9-7-21/h6-15H,1-5H3/b26-20-. The summed E-state index contributed by atoms with van der Waals surface area (Å²) in [7, 11) is -3.21. The fourth-order valence-electron chi connectivity index (χ4n) is 3.48. The summed E-state index contributed by atoms with van der Waals surface area (Å²) in [6.07, 6.45) is 0. The first kappa shape index (κ1) is 20.6. The average molecular weight is 410 g/mol. The fourth-order valence-corrected chi connectivity index (χ4v) is 6.18. The van der Waals surface area contributed by atoms with Gasteiger partial charge < -0.3 is 0 Å². The van der Waals surface area contributed by atoms with Crippen molar-refractivity contribution in [3.05, 3.63) is 93.5 Å². The van der Waals surface area contributed by atoms with Crippen molar-refractivity contribution in [1.82, 2.24) is 0 Å². The van der Waals surface area contributed by atoms with Crippen LogP contribution in [-0.2, 0) is 4.57 Å². The first-order valence-electron chi connectivity index (χ1n) is 9.28. The van der Waals surface area contributed by atoms with Crippen molar-refractivity contribution >= 4 is 35.2 Å². The molecule has 0 aliphatic rings. The van der Waals surface area contributed by atoms with E-state index in [-0.39, 0.29) is 0 Å². The lowest BCUT2D eigenvalue weighted by Gasteiger charge is -2.18. The summed E-state index contributed by atoms with van der Waals surface area (Å²) in [5.41, 5.74) is 5.98. The Balaban J connectivity index is 2.26. The van der Waals surface area contributed by atoms with Gasteiger partial charge in [-0.1, -0.05) is 58.1 Å². The van der Waals surface area contributed by atoms with Gasteiger partial charge in [-0.3, -0.25) is 4.57 Å². The Hall–Kier alpha value is -2.15. The Morgan fingerprint density at radius 1 is 0.750 bits per heavy atom. The maximum Gasteiger partial charge on any atom is 0.247 e. The van der Waals surface area contributed by atoms with Crippen LogP contribution in [0.2, 0.25) is 5.02 Å². The molecular formula is C24H25ClNOP. The summed E-state index contributed by atoms with van der Waals surface area (Å²) >= 11 is 6.02. The van der Waals surface area contributed by atoms with Gasteiger partial charge in [0.05, 0.1) is 0 Å². The lowest BCUT2D eigenvalue weighted by atomic mass is 10.1. The zero-order valence-corrected chi connectivity index (χ0v) is 18.6. The molecule has 0 spiro atoms. The highest BCUT2D eigenvalue weighted by Crippen LogP contribution is 2.46. The Morgan fingerprint density at radius 3 is 1.54 bits per heavy atom. The van der Waals surface area contributed by atoms with Gasteiger partial charge in [-0.25, -0.2) is 4.76 Å². The van der Waals surface area contributed by atoms with Crippen LogP contribution in [0.1, 0.15) is 34.7 Å². The molecule has 0 aromatic heterocycles. The zero-order chi connectivity index (χ0) is 20.5. The second-order valence-electron chi connectivity index (χ2n) is 7.46. The second-order valence-corrected chi connectivity index (χ2v) is 10.3. The lowest BCUT2D eigenvalue weighted by Crippen LogP contribution is -2.17. The molecule has 28 heavy (non-hydrogen) atoms. The average Bonchev–Trinajstić information content (AvgIpc) is 2.60. The monoisotopic (exact) mass is 409 g/mol. The van der Waals surface area contributed by atoms with Crippen LogP contribution in [-0.4, -0.2) is 5.71 Å². The number of benzene rings is 3. The molecule has 4 heteroatoms. The van der Waals surface area contributed by atoms with E-state index in [1.54, 1.807) is 0 Å². The molecule has 0 bridgehead atoms. The van der Waals surface area contributed by atoms with Gasteiger partial charge in [-0.15, -0.1) is 0 Å². The molecule has 0 fully saturated rings. The highest BCUT2D eigenvalue weighted by atomic mass is 35.5. The number of hydrogen-bond donors (Lipinski definition) is 0. The number of rotatable bonds is 4. The molecule has 0 saturated carbocycles. The van der Waals surface area contributed by atoms with Crippen LogP contribution >= 0.6 is 18.9 Å². The Bertz CT molecular complexity index is 1000. The van der Waals surface area contributed by atoms with E-state index in [2.05, 4.69) is 12.1 Å². The summed E-state index contributed by atoms with van der Waals surface area (Å²) in [6, 6.07) is 19.6. The van der Waals surface area contributed by atoms with Gasteiger partial charge in [0.2, 0.25) is 7.29 Å². The summed E-state index contributed by atoms with van der Waals surface area (Å²) in [6.45, 7) is 10.0. The molecule has 0 amide bonds. The van der Waals surface area contributed by atoms with Crippen LogP contribution in [0.5, 0.6) is 0 Å². The molecule has 0 unspecified atom stereocenters. The smallest absolute Gasteiger partial charge is 0.247 e. The SMILES string of the molecule is C/C(=N/P(=O)(c1cc(C)cc(C)c1)c1cc(C)cc(C)c1)c1ccc(Cl)cc1. The molecule has 0 saturated heterocycles. The molecular weight excluding hydrogens is 385 g/mol. The normalized spacial score (nSPS) is 12.3. The first-order valence-corrected chi connectivity index (χ1v) is 11.3. The van der Waals surface area contributed by atoms with Crippen LogP contribution < -0.4 is 10.6 Å². The maximum atomic E-state index is 14.5. The van der Waals surface area contributed by atoms with E-state index < -0.39 is 7.29 Å². The Labute approximate surface area is 172 Å². The molecule has 2 nitrogen and oxygen atoms in total. The van der Waals surface area contributed by atoms with Crippen molar-refractivity contribution in [2.24, 2.45) is 4.76 Å². The Morgan fingerprint density at radius 2 is 1.14 bits per heavy atom. The number of hydrogen-bond acceptors (Lipinski definition) is 1. The molecule has 0 aliphatic carbocycles. The van der Waals surface area contributed by atoms with Gasteiger partial charge in [0.25, 0.3) is 0 Å². The number of nitrogens with zero attached hydrogens (tertiary/aromatic N) is 1. The van der Waals surface area contributed by atoms with Gasteiger partial charge in [0.15, 0.2) is 0 Å². The van der Waals surface area contributed by atoms with Crippen molar-refractivity contribution in [3.8, 4) is 0 Å². The van der Waals surface area contributed by atoms with E-state index >= 15 is 0 Å². The third kappa shape index (κ3) is 4.46. The van der Waals surface area contributed by atoms with Gasteiger partial charge >= 0.3 is 0 Å². The zero-order valence-electron chi connectivity index (χ0n) is 17.0. The van der Waals surface area contributed by atoms with E-state index in [4.69, 9.17) is 16.4 Å². The summed E-state index contributed by atoms with van der Waals surface area (Å²) < 4.78 is 19.3. The van der Waals surface area contributed by atoms with Gasteiger partial charge in [-0.2, -0.15) is 0 Å². The van der Waals surface area contributed by atoms with E-state index in [9.17, 15) is 4.57 Å². The molecule has 3 rings (SSSR count). The van der Waals surface area contributed by atoms with Gasteiger partial charge in [0.1, 0.15) is 0 Å². The van der Waals surface area contributed by atoms with Gasteiger partial charge in [-0.05, 0) is 76.6 Å². The minimum atomic E-state index is -3.21. The summed E-state index contributed by atoms with van der Waals surface area (Å²) in [5, 5.41) is 2.20. The molecule has 3 aromatic carbocycles. The van der Waals surface area contributed by atoms with Crippen LogP contribution in [0.15, 0.2) is 65.4 Å². The van der Waals surface area contributed by atoms with Crippen molar-refractivity contribution in [2.45, 2.75) is 34.6 Å². The summed E-state index contributed by atoms with van der Waals surface area (Å²) in [5.74, 6) is 0. The quantitative estimate of drug-likeness (QED) is 0.366. The molecule has 0 radical (unpaired) electrons. The van der Waals surface area contributed by atoms with Crippen LogP contribution in [0, 0.1) is 27.7 Å².